The fourth-order valence-corrected chi connectivity index (χ4v) is 2.56. The third-order valence-corrected chi connectivity index (χ3v) is 3.53. The molecule has 0 spiro atoms. The Morgan fingerprint density at radius 2 is 2.27 bits per heavy atom. The first kappa shape index (κ1) is 11.1. The Balaban J connectivity index is 2.11. The first-order valence-corrected chi connectivity index (χ1v) is 6.22. The zero-order valence-corrected chi connectivity index (χ0v) is 10.5. The molecule has 0 amide bonds. The van der Waals surface area contributed by atoms with E-state index in [4.69, 9.17) is 23.2 Å². The third kappa shape index (κ3) is 2.80. The van der Waals surface area contributed by atoms with Gasteiger partial charge in [-0.25, -0.2) is 0 Å². The molecule has 1 aliphatic heterocycles. The summed E-state index contributed by atoms with van der Waals surface area (Å²) >= 11 is 13.6. The van der Waals surface area contributed by atoms with Crippen LogP contribution in [-0.2, 0) is 0 Å². The van der Waals surface area contributed by atoms with Gasteiger partial charge in [-0.1, -0.05) is 41.9 Å². The molecule has 0 aromatic heterocycles. The number of anilines is 1. The molecule has 0 bridgehead atoms. The summed E-state index contributed by atoms with van der Waals surface area (Å²) in [6, 6.07) is 5.38. The SMILES string of the molecule is CC1CN=C(Nc2ccc(Cl)cc2Cl)S1. The van der Waals surface area contributed by atoms with E-state index >= 15 is 0 Å². The van der Waals surface area contributed by atoms with Gasteiger partial charge < -0.3 is 5.32 Å². The van der Waals surface area contributed by atoms with Crippen LogP contribution in [0.2, 0.25) is 10.0 Å². The molecule has 0 radical (unpaired) electrons. The van der Waals surface area contributed by atoms with E-state index in [1.807, 2.05) is 6.07 Å². The van der Waals surface area contributed by atoms with Crippen molar-refractivity contribution in [3.05, 3.63) is 28.2 Å². The van der Waals surface area contributed by atoms with Crippen LogP contribution in [0.15, 0.2) is 23.2 Å². The fraction of sp³-hybridized carbons (Fsp3) is 0.300. The summed E-state index contributed by atoms with van der Waals surface area (Å²) < 4.78 is 0. The van der Waals surface area contributed by atoms with Crippen molar-refractivity contribution in [2.75, 3.05) is 11.9 Å². The van der Waals surface area contributed by atoms with E-state index in [0.29, 0.717) is 15.3 Å². The Morgan fingerprint density at radius 1 is 1.47 bits per heavy atom. The zero-order valence-electron chi connectivity index (χ0n) is 8.13. The second-order valence-corrected chi connectivity index (χ2v) is 5.59. The smallest absolute Gasteiger partial charge is 0.161 e. The standard InChI is InChI=1S/C10H10Cl2N2S/c1-6-5-13-10(15-6)14-9-3-2-7(11)4-8(9)12/h2-4,6H,5H2,1H3,(H,13,14). The lowest BCUT2D eigenvalue weighted by atomic mass is 10.3. The van der Waals surface area contributed by atoms with Crippen LogP contribution >= 0.6 is 35.0 Å². The average Bonchev–Trinajstić information content (AvgIpc) is 2.56. The van der Waals surface area contributed by atoms with Crippen molar-refractivity contribution in [2.45, 2.75) is 12.2 Å². The number of hydrogen-bond acceptors (Lipinski definition) is 3. The molecule has 1 atom stereocenters. The van der Waals surface area contributed by atoms with Crippen LogP contribution in [0.5, 0.6) is 0 Å². The van der Waals surface area contributed by atoms with Crippen molar-refractivity contribution in [3.8, 4) is 0 Å². The topological polar surface area (TPSA) is 24.4 Å². The van der Waals surface area contributed by atoms with E-state index in [1.54, 1.807) is 23.9 Å². The van der Waals surface area contributed by atoms with Crippen LogP contribution in [0.3, 0.4) is 0 Å². The van der Waals surface area contributed by atoms with Crippen molar-refractivity contribution < 1.29 is 0 Å². The number of nitrogens with zero attached hydrogens (tertiary/aromatic N) is 1. The van der Waals surface area contributed by atoms with Gasteiger partial charge in [0.2, 0.25) is 0 Å². The Labute approximate surface area is 103 Å². The Kier molecular flexibility index (Phi) is 3.44. The fourth-order valence-electron chi connectivity index (χ4n) is 1.25. The molecule has 80 valence electrons. The van der Waals surface area contributed by atoms with Crippen molar-refractivity contribution in [1.29, 1.82) is 0 Å². The van der Waals surface area contributed by atoms with E-state index in [-0.39, 0.29) is 0 Å². The van der Waals surface area contributed by atoms with Gasteiger partial charge in [0.15, 0.2) is 5.17 Å². The first-order chi connectivity index (χ1) is 7.15. The molecular weight excluding hydrogens is 251 g/mol. The van der Waals surface area contributed by atoms with Gasteiger partial charge in [-0.05, 0) is 18.2 Å². The lowest BCUT2D eigenvalue weighted by Crippen LogP contribution is -2.06. The van der Waals surface area contributed by atoms with Gasteiger partial charge in [-0.3, -0.25) is 4.99 Å². The molecule has 1 unspecified atom stereocenters. The number of nitrogens with one attached hydrogen (secondary N) is 1. The molecular formula is C10H10Cl2N2S. The maximum absolute atomic E-state index is 6.03. The molecule has 0 aliphatic carbocycles. The molecule has 1 heterocycles. The zero-order chi connectivity index (χ0) is 10.8. The van der Waals surface area contributed by atoms with Crippen LogP contribution in [0.4, 0.5) is 5.69 Å². The first-order valence-electron chi connectivity index (χ1n) is 4.58. The average molecular weight is 261 g/mol. The Morgan fingerprint density at radius 3 is 2.87 bits per heavy atom. The van der Waals surface area contributed by atoms with Crippen LogP contribution in [0, 0.1) is 0 Å². The second kappa shape index (κ2) is 4.64. The molecule has 1 aromatic rings. The predicted molar refractivity (Wildman–Crippen MR) is 69.4 cm³/mol. The van der Waals surface area contributed by atoms with E-state index in [9.17, 15) is 0 Å². The molecule has 2 rings (SSSR count). The number of amidine groups is 1. The Bertz CT molecular complexity index is 406. The van der Waals surface area contributed by atoms with Crippen LogP contribution < -0.4 is 5.32 Å². The van der Waals surface area contributed by atoms with Crippen LogP contribution in [0.1, 0.15) is 6.92 Å². The van der Waals surface area contributed by atoms with Gasteiger partial charge in [0, 0.05) is 10.3 Å². The summed E-state index contributed by atoms with van der Waals surface area (Å²) in [4.78, 5) is 4.35. The predicted octanol–water partition coefficient (Wildman–Crippen LogP) is 3.90. The second-order valence-electron chi connectivity index (χ2n) is 3.32. The summed E-state index contributed by atoms with van der Waals surface area (Å²) in [6.07, 6.45) is 0. The summed E-state index contributed by atoms with van der Waals surface area (Å²) in [7, 11) is 0. The lowest BCUT2D eigenvalue weighted by Gasteiger charge is -2.07. The molecule has 0 saturated heterocycles. The number of aliphatic imine (C=N–C) groups is 1. The number of benzene rings is 1. The Hall–Kier alpha value is -0.380. The molecule has 2 nitrogen and oxygen atoms in total. The van der Waals surface area contributed by atoms with Crippen LogP contribution in [-0.4, -0.2) is 17.0 Å². The van der Waals surface area contributed by atoms with E-state index in [0.717, 1.165) is 17.4 Å². The highest BCUT2D eigenvalue weighted by molar-refractivity contribution is 8.15. The number of hydrogen-bond donors (Lipinski definition) is 1. The van der Waals surface area contributed by atoms with Gasteiger partial charge in [0.05, 0.1) is 17.3 Å². The number of rotatable bonds is 1. The molecule has 1 N–H and O–H groups in total. The summed E-state index contributed by atoms with van der Waals surface area (Å²) in [5.41, 5.74) is 0.849. The monoisotopic (exact) mass is 260 g/mol. The third-order valence-electron chi connectivity index (χ3n) is 1.98. The van der Waals surface area contributed by atoms with Gasteiger partial charge in [0.1, 0.15) is 0 Å². The number of halogens is 2. The van der Waals surface area contributed by atoms with Crippen molar-refractivity contribution in [3.63, 3.8) is 0 Å². The normalized spacial score (nSPS) is 20.2. The molecule has 0 saturated carbocycles. The van der Waals surface area contributed by atoms with Crippen molar-refractivity contribution >= 4 is 45.8 Å². The van der Waals surface area contributed by atoms with Gasteiger partial charge in [-0.2, -0.15) is 0 Å². The van der Waals surface area contributed by atoms with Gasteiger partial charge in [0.25, 0.3) is 0 Å². The maximum Gasteiger partial charge on any atom is 0.161 e. The van der Waals surface area contributed by atoms with Crippen molar-refractivity contribution in [2.24, 2.45) is 4.99 Å². The minimum Gasteiger partial charge on any atom is -0.334 e. The van der Waals surface area contributed by atoms with Gasteiger partial charge >= 0.3 is 0 Å². The minimum absolute atomic E-state index is 0.540. The highest BCUT2D eigenvalue weighted by atomic mass is 35.5. The quantitative estimate of drug-likeness (QED) is 0.829. The van der Waals surface area contributed by atoms with Crippen molar-refractivity contribution in [1.82, 2.24) is 0 Å². The van der Waals surface area contributed by atoms with E-state index < -0.39 is 0 Å². The summed E-state index contributed by atoms with van der Waals surface area (Å²) in [6.45, 7) is 3.00. The largest absolute Gasteiger partial charge is 0.334 e. The molecule has 1 aliphatic rings. The number of thioether (sulfide) groups is 1. The van der Waals surface area contributed by atoms with Gasteiger partial charge in [-0.15, -0.1) is 0 Å². The van der Waals surface area contributed by atoms with E-state index in [2.05, 4.69) is 17.2 Å². The highest BCUT2D eigenvalue weighted by Gasteiger charge is 2.15. The molecule has 5 heteroatoms. The lowest BCUT2D eigenvalue weighted by molar-refractivity contribution is 0.976. The van der Waals surface area contributed by atoms with E-state index in [1.165, 1.54) is 0 Å². The highest BCUT2D eigenvalue weighted by Crippen LogP contribution is 2.28. The molecule has 0 fully saturated rings. The maximum atomic E-state index is 6.03. The van der Waals surface area contributed by atoms with Crippen LogP contribution in [0.25, 0.3) is 0 Å². The summed E-state index contributed by atoms with van der Waals surface area (Å²) in [5.74, 6) is 0. The molecule has 1 aromatic carbocycles. The summed E-state index contributed by atoms with van der Waals surface area (Å²) in [5, 5.41) is 5.91. The molecule has 15 heavy (non-hydrogen) atoms. The minimum atomic E-state index is 0.540.